The van der Waals surface area contributed by atoms with Gasteiger partial charge in [0.25, 0.3) is 11.6 Å². The number of carbonyl (C=O) groups excluding carboxylic acids is 3. The van der Waals surface area contributed by atoms with Gasteiger partial charge in [0.2, 0.25) is 17.7 Å². The van der Waals surface area contributed by atoms with Crippen molar-refractivity contribution >= 4 is 29.7 Å². The Labute approximate surface area is 598 Å². The van der Waals surface area contributed by atoms with Crippen LogP contribution in [0.2, 0.25) is 0 Å². The molecule has 0 radical (unpaired) electrons. The molecular weight excluding hydrogens is 1350 g/mol. The van der Waals surface area contributed by atoms with Crippen molar-refractivity contribution in [2.24, 2.45) is 0 Å². The van der Waals surface area contributed by atoms with Gasteiger partial charge in [-0.1, -0.05) is 180 Å². The van der Waals surface area contributed by atoms with Gasteiger partial charge < -0.3 is 136 Å². The second-order valence-electron chi connectivity index (χ2n) is 27.9. The number of carbonyl (C=O) groups is 5. The summed E-state index contributed by atoms with van der Waals surface area (Å²) >= 11 is 0. The van der Waals surface area contributed by atoms with Crippen LogP contribution in [0.3, 0.4) is 0 Å². The fourth-order valence-corrected chi connectivity index (χ4v) is 13.5. The first-order chi connectivity index (χ1) is 48.7. The molecule has 4 aliphatic rings. The number of rotatable bonds is 52. The molecule has 32 heteroatoms. The van der Waals surface area contributed by atoms with Crippen LogP contribution in [-0.4, -0.2) is 290 Å². The lowest BCUT2D eigenvalue weighted by Crippen LogP contribution is -2.72. The van der Waals surface area contributed by atoms with E-state index < -0.39 is 216 Å². The maximum absolute atomic E-state index is 13.6. The van der Waals surface area contributed by atoms with Gasteiger partial charge in [0.1, 0.15) is 85.5 Å². The summed E-state index contributed by atoms with van der Waals surface area (Å²) < 4.78 is 46.4. The van der Waals surface area contributed by atoms with Crippen LogP contribution in [0.5, 0.6) is 0 Å². The van der Waals surface area contributed by atoms with Crippen LogP contribution in [0.25, 0.3) is 0 Å². The Kier molecular flexibility index (Phi) is 42.5. The Hall–Kier alpha value is -3.79. The van der Waals surface area contributed by atoms with Gasteiger partial charge in [0, 0.05) is 33.1 Å². The first kappa shape index (κ1) is 90.6. The maximum Gasteiger partial charge on any atom is 0.364 e. The molecule has 594 valence electrons. The number of unbranched alkanes of at least 4 members (excludes halogenated alkanes) is 25. The summed E-state index contributed by atoms with van der Waals surface area (Å²) in [6.45, 7) is 1.10. The van der Waals surface area contributed by atoms with Crippen molar-refractivity contribution in [1.82, 2.24) is 16.0 Å². The Morgan fingerprint density at radius 2 is 0.980 bits per heavy atom. The van der Waals surface area contributed by atoms with Crippen LogP contribution in [0.1, 0.15) is 220 Å². The predicted octanol–water partition coefficient (Wildman–Crippen LogP) is 0.339. The minimum atomic E-state index is -3.39. The Morgan fingerprint density at radius 3 is 1.44 bits per heavy atom. The zero-order valence-electron chi connectivity index (χ0n) is 60.1. The number of allylic oxidation sites excluding steroid dienone is 1. The van der Waals surface area contributed by atoms with Gasteiger partial charge in [-0.15, -0.1) is 0 Å². The monoisotopic (exact) mass is 1470 g/mol. The molecule has 0 aromatic heterocycles. The van der Waals surface area contributed by atoms with Crippen LogP contribution in [0, 0.1) is 0 Å². The quantitative estimate of drug-likeness (QED) is 0.0288. The zero-order valence-corrected chi connectivity index (χ0v) is 60.1. The third-order valence-corrected chi connectivity index (χ3v) is 19.5. The second-order valence-corrected chi connectivity index (χ2v) is 27.9. The van der Waals surface area contributed by atoms with E-state index in [4.69, 9.17) is 37.9 Å². The average Bonchev–Trinajstić information content (AvgIpc) is 0.761. The van der Waals surface area contributed by atoms with Gasteiger partial charge in [0.05, 0.1) is 69.5 Å². The Balaban J connectivity index is 1.50. The zero-order chi connectivity index (χ0) is 75.5. The molecular formula is C70H125N3O29. The fraction of sp³-hybridized carbons (Fsp3) is 0.900. The van der Waals surface area contributed by atoms with Crippen LogP contribution >= 0.6 is 0 Å². The van der Waals surface area contributed by atoms with Gasteiger partial charge in [0.15, 0.2) is 12.6 Å². The normalized spacial score (nSPS) is 31.7. The standard InChI is InChI=1S/C70H125N3O29/c1-5-7-9-11-13-15-17-19-20-22-24-26-28-30-32-34-52(84)73-44(45(80)33-31-29-27-25-23-21-18-16-14-12-10-8-6-2)41-95-65-59(89)58(88)61(51(40-77)97-65)98-66-60(90)64(56(86)49(38-75)96-66)102-70(68(93)94)36-47(82)54(72-43(4)79)63(101-70)57(87)50(39-76)99-69(67(91)92)35-46(81)53(71-42(3)78)62(100-69)55(85)48(83)37-74/h31,33,44-51,53-66,74-77,80-83,85-90H,5-30,32,34-41H2,1-4H3,(H,71,78)(H,72,79)(H,73,84)(H,91,92)(H,93,94)/b33-31+/t44-,45+,46-,47-,48+,49+,50+,51+,53+,54+,55+,56-,57+,58+,59?,60+,61+,62?,63?,64-,65+,66-,69+,70-/m0/s1. The van der Waals surface area contributed by atoms with Gasteiger partial charge in [-0.3, -0.25) is 14.4 Å². The number of carboxylic acid groups (broad SMARTS) is 2. The summed E-state index contributed by atoms with van der Waals surface area (Å²) in [6.07, 6.45) is -8.38. The smallest absolute Gasteiger partial charge is 0.364 e. The van der Waals surface area contributed by atoms with Crippen molar-refractivity contribution in [3.63, 3.8) is 0 Å². The summed E-state index contributed by atoms with van der Waals surface area (Å²) in [4.78, 5) is 64.9. The number of aliphatic carboxylic acids is 2. The van der Waals surface area contributed by atoms with Gasteiger partial charge in [-0.2, -0.15) is 0 Å². The highest BCUT2D eigenvalue weighted by Crippen LogP contribution is 2.41. The summed E-state index contributed by atoms with van der Waals surface area (Å²) in [6, 6.07) is -4.73. The molecule has 0 aromatic rings. The SMILES string of the molecule is CCCCCCCCCCCCC/C=C/[C@@H](O)[C@H](CO[C@@H]1O[C@H](CO)[C@@H](O[C@@H]2O[C@H](CO)[C@H](O)[C@H](O[C@]3(C(=O)O)C[C@H](O)[C@@H](NC(C)=O)C([C@H](O)[C@@H](CO)O[C@]4(C(=O)O)C[C@H](O)[C@@H](NC(C)=O)C([C@H](O)[C@H](O)CO)O4)O3)[C@H]2O)[C@H](O)C1O)NC(=O)CCCCCCCCCCCCCCCCC. The van der Waals surface area contributed by atoms with E-state index in [2.05, 4.69) is 29.8 Å². The van der Waals surface area contributed by atoms with Crippen LogP contribution in [-0.2, 0) is 61.9 Å². The van der Waals surface area contributed by atoms with E-state index in [-0.39, 0.29) is 12.3 Å². The molecule has 32 nitrogen and oxygen atoms in total. The number of aliphatic hydroxyl groups is 14. The molecule has 0 bridgehead atoms. The van der Waals surface area contributed by atoms with Crippen molar-refractivity contribution in [3.05, 3.63) is 12.2 Å². The highest BCUT2D eigenvalue weighted by Gasteiger charge is 2.62. The summed E-state index contributed by atoms with van der Waals surface area (Å²) in [5.41, 5.74) is 0. The molecule has 3 unspecified atom stereocenters. The highest BCUT2D eigenvalue weighted by molar-refractivity contribution is 5.78. The molecule has 0 aromatic carbocycles. The second kappa shape index (κ2) is 47.8. The molecule has 3 amide bonds. The minimum Gasteiger partial charge on any atom is -0.477 e. The molecule has 4 fully saturated rings. The third kappa shape index (κ3) is 28.4. The van der Waals surface area contributed by atoms with Crippen LogP contribution < -0.4 is 16.0 Å². The molecule has 0 spiro atoms. The van der Waals surface area contributed by atoms with Gasteiger partial charge >= 0.3 is 11.9 Å². The first-order valence-corrected chi connectivity index (χ1v) is 37.2. The van der Waals surface area contributed by atoms with Crippen molar-refractivity contribution < 1.29 is 144 Å². The van der Waals surface area contributed by atoms with E-state index in [0.29, 0.717) is 12.8 Å². The van der Waals surface area contributed by atoms with E-state index in [0.717, 1.165) is 65.2 Å². The molecule has 4 aliphatic heterocycles. The predicted molar refractivity (Wildman–Crippen MR) is 363 cm³/mol. The average molecular weight is 1470 g/mol. The number of amides is 3. The first-order valence-electron chi connectivity index (χ1n) is 37.2. The highest BCUT2D eigenvalue weighted by atomic mass is 16.8. The molecule has 0 aliphatic carbocycles. The maximum atomic E-state index is 13.6. The van der Waals surface area contributed by atoms with Gasteiger partial charge in [-0.05, 0) is 19.3 Å². The third-order valence-electron chi connectivity index (χ3n) is 19.5. The molecule has 4 rings (SSSR count). The lowest BCUT2D eigenvalue weighted by Gasteiger charge is -2.51. The summed E-state index contributed by atoms with van der Waals surface area (Å²) in [7, 11) is 0. The number of hydrogen-bond donors (Lipinski definition) is 19. The van der Waals surface area contributed by atoms with E-state index in [1.54, 1.807) is 6.08 Å². The molecule has 4 saturated heterocycles. The van der Waals surface area contributed by atoms with Crippen molar-refractivity contribution in [2.45, 2.75) is 366 Å². The molecule has 102 heavy (non-hydrogen) atoms. The number of hydrogen-bond acceptors (Lipinski definition) is 27. The lowest BCUT2D eigenvalue weighted by atomic mass is 9.87. The van der Waals surface area contributed by atoms with Crippen molar-refractivity contribution in [2.75, 3.05) is 33.0 Å². The Bertz CT molecular complexity index is 2410. The fourth-order valence-electron chi connectivity index (χ4n) is 13.5. The van der Waals surface area contributed by atoms with Crippen LogP contribution in [0.4, 0.5) is 0 Å². The molecule has 24 atom stereocenters. The summed E-state index contributed by atoms with van der Waals surface area (Å²) in [5.74, 6) is -13.1. The van der Waals surface area contributed by atoms with Crippen molar-refractivity contribution in [3.8, 4) is 0 Å². The molecule has 0 saturated carbocycles. The number of nitrogens with one attached hydrogen (secondary N) is 3. The van der Waals surface area contributed by atoms with Crippen molar-refractivity contribution in [1.29, 1.82) is 0 Å². The summed E-state index contributed by atoms with van der Waals surface area (Å²) in [5, 5.41) is 185. The Morgan fingerprint density at radius 1 is 0.529 bits per heavy atom. The number of ether oxygens (including phenoxy) is 8. The van der Waals surface area contributed by atoms with Gasteiger partial charge in [-0.25, -0.2) is 9.59 Å². The molecule has 19 N–H and O–H groups in total. The lowest BCUT2D eigenvalue weighted by molar-refractivity contribution is -0.388. The van der Waals surface area contributed by atoms with Crippen LogP contribution in [0.15, 0.2) is 12.2 Å². The number of carboxylic acids is 2. The number of aliphatic hydroxyl groups excluding tert-OH is 14. The van der Waals surface area contributed by atoms with E-state index in [9.17, 15) is 106 Å². The molecule has 4 heterocycles. The van der Waals surface area contributed by atoms with E-state index in [1.165, 1.54) is 109 Å². The largest absolute Gasteiger partial charge is 0.477 e. The minimum absolute atomic E-state index is 0.155. The topological polar surface area (TPSA) is 519 Å². The van der Waals surface area contributed by atoms with E-state index in [1.807, 2.05) is 6.08 Å². The van der Waals surface area contributed by atoms with E-state index >= 15 is 0 Å².